The highest BCUT2D eigenvalue weighted by molar-refractivity contribution is 5.85. The maximum absolute atomic E-state index is 13.5. The normalized spacial score (nSPS) is 17.7. The molecule has 130 valence electrons. The van der Waals surface area contributed by atoms with E-state index >= 15 is 0 Å². The quantitative estimate of drug-likeness (QED) is 0.857. The van der Waals surface area contributed by atoms with Gasteiger partial charge in [-0.1, -0.05) is 0 Å². The van der Waals surface area contributed by atoms with Gasteiger partial charge in [0.15, 0.2) is 0 Å². The number of hydrogen-bond acceptors (Lipinski definition) is 4. The van der Waals surface area contributed by atoms with Crippen molar-refractivity contribution in [3.05, 3.63) is 29.6 Å². The molecule has 1 fully saturated rings. The molecule has 0 radical (unpaired) electrons. The van der Waals surface area contributed by atoms with Gasteiger partial charge < -0.3 is 20.5 Å². The summed E-state index contributed by atoms with van der Waals surface area (Å²) in [6.45, 7) is 3.14. The number of nitrogens with one attached hydrogen (secondary N) is 1. The zero-order valence-corrected chi connectivity index (χ0v) is 14.2. The van der Waals surface area contributed by atoms with Crippen molar-refractivity contribution in [2.45, 2.75) is 25.8 Å². The van der Waals surface area contributed by atoms with Crippen LogP contribution in [0.4, 0.5) is 4.39 Å². The monoisotopic (exact) mass is 346 g/mol. The number of nitrogens with two attached hydrogens (primary N) is 1. The Hall–Kier alpha value is -1.37. The van der Waals surface area contributed by atoms with Gasteiger partial charge in [-0.3, -0.25) is 4.79 Å². The van der Waals surface area contributed by atoms with Crippen molar-refractivity contribution in [2.75, 3.05) is 26.9 Å². The predicted molar refractivity (Wildman–Crippen MR) is 88.3 cm³/mol. The molecule has 7 heteroatoms. The molecule has 0 aromatic heterocycles. The Kier molecular flexibility index (Phi) is 7.25. The van der Waals surface area contributed by atoms with Crippen LogP contribution in [0.1, 0.15) is 31.4 Å². The van der Waals surface area contributed by atoms with Crippen LogP contribution in [0.2, 0.25) is 0 Å². The van der Waals surface area contributed by atoms with Gasteiger partial charge in [-0.2, -0.15) is 0 Å². The summed E-state index contributed by atoms with van der Waals surface area (Å²) in [6, 6.07) is 3.89. The van der Waals surface area contributed by atoms with Crippen LogP contribution in [0.5, 0.6) is 5.75 Å². The van der Waals surface area contributed by atoms with Crippen LogP contribution in [0.15, 0.2) is 18.2 Å². The largest absolute Gasteiger partial charge is 0.496 e. The smallest absolute Gasteiger partial charge is 0.228 e. The van der Waals surface area contributed by atoms with E-state index in [4.69, 9.17) is 15.2 Å². The molecule has 0 bridgehead atoms. The van der Waals surface area contributed by atoms with Gasteiger partial charge in [-0.15, -0.1) is 12.4 Å². The summed E-state index contributed by atoms with van der Waals surface area (Å²) in [6.07, 6.45) is 1.20. The van der Waals surface area contributed by atoms with Crippen molar-refractivity contribution in [1.29, 1.82) is 0 Å². The summed E-state index contributed by atoms with van der Waals surface area (Å²) in [4.78, 5) is 12.6. The molecule has 0 spiro atoms. The zero-order valence-electron chi connectivity index (χ0n) is 13.4. The number of hydrogen-bond donors (Lipinski definition) is 2. The summed E-state index contributed by atoms with van der Waals surface area (Å²) < 4.78 is 24.0. The van der Waals surface area contributed by atoms with E-state index in [0.29, 0.717) is 37.4 Å². The van der Waals surface area contributed by atoms with E-state index in [1.165, 1.54) is 19.2 Å². The van der Waals surface area contributed by atoms with E-state index in [1.807, 2.05) is 0 Å². The molecule has 1 aliphatic rings. The van der Waals surface area contributed by atoms with E-state index in [1.54, 1.807) is 13.0 Å². The fourth-order valence-electron chi connectivity index (χ4n) is 2.76. The van der Waals surface area contributed by atoms with Gasteiger partial charge >= 0.3 is 0 Å². The van der Waals surface area contributed by atoms with E-state index in [-0.39, 0.29) is 36.7 Å². The first-order valence-electron chi connectivity index (χ1n) is 7.44. The first kappa shape index (κ1) is 19.7. The number of halogens is 2. The first-order chi connectivity index (χ1) is 10.5. The fraction of sp³-hybridized carbons (Fsp3) is 0.562. The average molecular weight is 347 g/mol. The lowest BCUT2D eigenvalue weighted by atomic mass is 9.79. The molecule has 1 saturated heterocycles. The molecule has 1 aliphatic heterocycles. The van der Waals surface area contributed by atoms with Crippen molar-refractivity contribution in [2.24, 2.45) is 11.1 Å². The van der Waals surface area contributed by atoms with Crippen LogP contribution in [-0.2, 0) is 9.53 Å². The summed E-state index contributed by atoms with van der Waals surface area (Å²) in [5.41, 5.74) is 5.84. The minimum Gasteiger partial charge on any atom is -0.496 e. The molecule has 2 rings (SSSR count). The molecule has 23 heavy (non-hydrogen) atoms. The third-order valence-corrected chi connectivity index (χ3v) is 4.33. The van der Waals surface area contributed by atoms with E-state index < -0.39 is 5.41 Å². The number of rotatable bonds is 5. The lowest BCUT2D eigenvalue weighted by Gasteiger charge is -2.35. The molecule has 1 aromatic rings. The lowest BCUT2D eigenvalue weighted by Crippen LogP contribution is -2.49. The highest BCUT2D eigenvalue weighted by Crippen LogP contribution is 2.32. The molecule has 1 amide bonds. The third kappa shape index (κ3) is 4.34. The van der Waals surface area contributed by atoms with Crippen molar-refractivity contribution >= 4 is 18.3 Å². The Morgan fingerprint density at radius 2 is 2.13 bits per heavy atom. The Labute approximate surface area is 142 Å². The average Bonchev–Trinajstić information content (AvgIpc) is 2.55. The second-order valence-corrected chi connectivity index (χ2v) is 5.68. The number of amides is 1. The standard InChI is InChI=1S/C16H23FN2O3.ClH/c1-11(13-9-12(17)3-4-14(13)21-2)19-15(20)16(10-18)5-7-22-8-6-16;/h3-4,9,11H,5-8,10,18H2,1-2H3,(H,19,20);1H. The van der Waals surface area contributed by atoms with Crippen molar-refractivity contribution < 1.29 is 18.7 Å². The summed E-state index contributed by atoms with van der Waals surface area (Å²) in [7, 11) is 1.52. The second kappa shape index (κ2) is 8.47. The molecule has 1 heterocycles. The molecule has 1 atom stereocenters. The highest BCUT2D eigenvalue weighted by Gasteiger charge is 2.39. The Morgan fingerprint density at radius 1 is 1.48 bits per heavy atom. The van der Waals surface area contributed by atoms with Gasteiger partial charge in [-0.05, 0) is 38.0 Å². The Bertz CT molecular complexity index is 536. The second-order valence-electron chi connectivity index (χ2n) is 5.68. The maximum atomic E-state index is 13.5. The molecule has 3 N–H and O–H groups in total. The predicted octanol–water partition coefficient (Wildman–Crippen LogP) is 2.19. The Morgan fingerprint density at radius 3 is 2.70 bits per heavy atom. The number of carbonyl (C=O) groups is 1. The topological polar surface area (TPSA) is 73.6 Å². The minimum absolute atomic E-state index is 0. The summed E-state index contributed by atoms with van der Waals surface area (Å²) >= 11 is 0. The van der Waals surface area contributed by atoms with E-state index in [2.05, 4.69) is 5.32 Å². The summed E-state index contributed by atoms with van der Waals surface area (Å²) in [5, 5.41) is 2.94. The summed E-state index contributed by atoms with van der Waals surface area (Å²) in [5.74, 6) is 0.0663. The highest BCUT2D eigenvalue weighted by atomic mass is 35.5. The van der Waals surface area contributed by atoms with Crippen LogP contribution < -0.4 is 15.8 Å². The van der Waals surface area contributed by atoms with Crippen LogP contribution in [0, 0.1) is 11.2 Å². The first-order valence-corrected chi connectivity index (χ1v) is 7.44. The maximum Gasteiger partial charge on any atom is 0.228 e. The number of carbonyl (C=O) groups excluding carboxylic acids is 1. The van der Waals surface area contributed by atoms with Gasteiger partial charge in [0.2, 0.25) is 5.91 Å². The van der Waals surface area contributed by atoms with Gasteiger partial charge in [0.1, 0.15) is 11.6 Å². The lowest BCUT2D eigenvalue weighted by molar-refractivity contribution is -0.136. The molecule has 0 aliphatic carbocycles. The fourth-order valence-corrected chi connectivity index (χ4v) is 2.76. The van der Waals surface area contributed by atoms with Gasteiger partial charge in [0.25, 0.3) is 0 Å². The van der Waals surface area contributed by atoms with E-state index in [9.17, 15) is 9.18 Å². The molecule has 1 unspecified atom stereocenters. The van der Waals surface area contributed by atoms with Crippen LogP contribution in [-0.4, -0.2) is 32.8 Å². The van der Waals surface area contributed by atoms with Gasteiger partial charge in [-0.25, -0.2) is 4.39 Å². The molecule has 5 nitrogen and oxygen atoms in total. The van der Waals surface area contributed by atoms with Crippen molar-refractivity contribution in [3.8, 4) is 5.75 Å². The van der Waals surface area contributed by atoms with Gasteiger partial charge in [0.05, 0.1) is 18.6 Å². The molecule has 1 aromatic carbocycles. The molecular weight excluding hydrogens is 323 g/mol. The molecular formula is C16H24ClFN2O3. The van der Waals surface area contributed by atoms with E-state index in [0.717, 1.165) is 0 Å². The minimum atomic E-state index is -0.604. The zero-order chi connectivity index (χ0) is 16.2. The number of benzene rings is 1. The van der Waals surface area contributed by atoms with Gasteiger partial charge in [0, 0.05) is 25.3 Å². The van der Waals surface area contributed by atoms with Crippen molar-refractivity contribution in [1.82, 2.24) is 5.32 Å². The van der Waals surface area contributed by atoms with Crippen LogP contribution in [0.3, 0.4) is 0 Å². The number of ether oxygens (including phenoxy) is 2. The SMILES string of the molecule is COc1ccc(F)cc1C(C)NC(=O)C1(CN)CCOCC1.Cl. The van der Waals surface area contributed by atoms with Crippen molar-refractivity contribution in [3.63, 3.8) is 0 Å². The van der Waals surface area contributed by atoms with Crippen LogP contribution >= 0.6 is 12.4 Å². The third-order valence-electron chi connectivity index (χ3n) is 4.33. The number of methoxy groups -OCH3 is 1. The Balaban J connectivity index is 0.00000264. The molecule has 0 saturated carbocycles. The van der Waals surface area contributed by atoms with Crippen LogP contribution in [0.25, 0.3) is 0 Å².